The molecule has 1 aliphatic carbocycles. The third kappa shape index (κ3) is 4.92. The van der Waals surface area contributed by atoms with E-state index in [2.05, 4.69) is 19.9 Å². The molecule has 1 aliphatic rings. The van der Waals surface area contributed by atoms with Crippen LogP contribution in [0.1, 0.15) is 12.8 Å². The van der Waals surface area contributed by atoms with Gasteiger partial charge in [0.25, 0.3) is 10.0 Å². The van der Waals surface area contributed by atoms with Crippen LogP contribution in [0.3, 0.4) is 0 Å². The second kappa shape index (κ2) is 7.77. The molecule has 1 aromatic heterocycles. The molecule has 0 aliphatic heterocycles. The molecule has 0 radical (unpaired) electrons. The zero-order chi connectivity index (χ0) is 19.6. The van der Waals surface area contributed by atoms with Crippen molar-refractivity contribution in [2.24, 2.45) is 5.92 Å². The van der Waals surface area contributed by atoms with Crippen molar-refractivity contribution in [1.82, 2.24) is 9.88 Å². The number of hydrogen-bond donors (Lipinski definition) is 2. The van der Waals surface area contributed by atoms with Crippen LogP contribution in [-0.4, -0.2) is 45.0 Å². The normalized spacial score (nSPS) is 15.6. The average Bonchev–Trinajstić information content (AvgIpc) is 3.43. The van der Waals surface area contributed by atoms with Crippen LogP contribution < -0.4 is 10.0 Å². The highest BCUT2D eigenvalue weighted by Gasteiger charge is 2.32. The number of likely N-dealkylation sites (N-methyl/N-ethyl adjacent to an activating group) is 1. The summed E-state index contributed by atoms with van der Waals surface area (Å²) in [6.45, 7) is 0.726. The second-order valence-corrected chi connectivity index (χ2v) is 8.55. The van der Waals surface area contributed by atoms with Crippen molar-refractivity contribution >= 4 is 21.5 Å². The molecular weight excluding hydrogens is 374 g/mol. The van der Waals surface area contributed by atoms with Crippen LogP contribution >= 0.6 is 0 Å². The fraction of sp³-hybridized carbons (Fsp3) is 0.389. The van der Waals surface area contributed by atoms with Crippen LogP contribution in [0.5, 0.6) is 0 Å². The number of halogens is 2. The summed E-state index contributed by atoms with van der Waals surface area (Å²) in [4.78, 5) is 6.26. The summed E-state index contributed by atoms with van der Waals surface area (Å²) < 4.78 is 53.1. The lowest BCUT2D eigenvalue weighted by atomic mass is 10.1. The maximum absolute atomic E-state index is 13.2. The molecular formula is C18H22F2N4O2S. The summed E-state index contributed by atoms with van der Waals surface area (Å²) in [6.07, 6.45) is 3.68. The molecule has 0 amide bonds. The van der Waals surface area contributed by atoms with E-state index in [0.717, 1.165) is 24.7 Å². The maximum Gasteiger partial charge on any atom is 0.263 e. The predicted octanol–water partition coefficient (Wildman–Crippen LogP) is 2.91. The van der Waals surface area contributed by atoms with E-state index in [1.54, 1.807) is 6.07 Å². The van der Waals surface area contributed by atoms with Crippen molar-refractivity contribution < 1.29 is 17.2 Å². The molecule has 1 saturated carbocycles. The van der Waals surface area contributed by atoms with Crippen molar-refractivity contribution in [3.63, 3.8) is 0 Å². The molecule has 1 fully saturated rings. The number of benzene rings is 1. The van der Waals surface area contributed by atoms with Gasteiger partial charge in [0.15, 0.2) is 11.6 Å². The van der Waals surface area contributed by atoms with Gasteiger partial charge in [0.1, 0.15) is 10.7 Å². The highest BCUT2D eigenvalue weighted by Crippen LogP contribution is 2.34. The molecule has 1 heterocycles. The van der Waals surface area contributed by atoms with Gasteiger partial charge < -0.3 is 10.2 Å². The van der Waals surface area contributed by atoms with E-state index < -0.39 is 21.7 Å². The van der Waals surface area contributed by atoms with E-state index >= 15 is 0 Å². The summed E-state index contributed by atoms with van der Waals surface area (Å²) in [5, 5.41) is 3.23. The van der Waals surface area contributed by atoms with Gasteiger partial charge in [-0.3, -0.25) is 4.72 Å². The highest BCUT2D eigenvalue weighted by molar-refractivity contribution is 7.92. The molecule has 6 nitrogen and oxygen atoms in total. The number of anilines is 2. The van der Waals surface area contributed by atoms with Gasteiger partial charge in [0.05, 0.1) is 5.69 Å². The van der Waals surface area contributed by atoms with Gasteiger partial charge in [-0.05, 0) is 57.1 Å². The molecule has 1 atom stereocenters. The molecule has 0 spiro atoms. The molecule has 9 heteroatoms. The Morgan fingerprint density at radius 2 is 1.93 bits per heavy atom. The van der Waals surface area contributed by atoms with Crippen molar-refractivity contribution in [3.8, 4) is 0 Å². The third-order valence-corrected chi connectivity index (χ3v) is 5.91. The van der Waals surface area contributed by atoms with Crippen molar-refractivity contribution in [1.29, 1.82) is 0 Å². The molecule has 146 valence electrons. The first-order valence-corrected chi connectivity index (χ1v) is 10.1. The largest absolute Gasteiger partial charge is 0.368 e. The number of pyridine rings is 1. The van der Waals surface area contributed by atoms with E-state index in [9.17, 15) is 17.2 Å². The Labute approximate surface area is 157 Å². The van der Waals surface area contributed by atoms with E-state index in [1.165, 1.54) is 25.1 Å². The highest BCUT2D eigenvalue weighted by atomic mass is 32.2. The Kier molecular flexibility index (Phi) is 5.61. The Bertz CT molecular complexity index is 898. The predicted molar refractivity (Wildman–Crippen MR) is 100 cm³/mol. The van der Waals surface area contributed by atoms with Gasteiger partial charge in [-0.15, -0.1) is 0 Å². The zero-order valence-electron chi connectivity index (χ0n) is 15.1. The molecule has 0 bridgehead atoms. The molecule has 27 heavy (non-hydrogen) atoms. The summed E-state index contributed by atoms with van der Waals surface area (Å²) >= 11 is 0. The first-order valence-electron chi connectivity index (χ1n) is 8.60. The van der Waals surface area contributed by atoms with E-state index in [0.29, 0.717) is 17.8 Å². The Morgan fingerprint density at radius 1 is 1.19 bits per heavy atom. The lowest BCUT2D eigenvalue weighted by Gasteiger charge is -2.24. The molecule has 3 rings (SSSR count). The minimum Gasteiger partial charge on any atom is -0.368 e. The standard InChI is InChI=1S/C18H22F2N4O2S/c1-24(2)17(12-3-4-12)11-22-18-8-6-14(10-21-18)27(25,26)23-13-5-7-15(19)16(20)9-13/h5-10,12,17,23H,3-4,11H2,1-2H3,(H,21,22). The van der Waals surface area contributed by atoms with E-state index in [4.69, 9.17) is 0 Å². The number of nitrogens with zero attached hydrogens (tertiary/aromatic N) is 2. The van der Waals surface area contributed by atoms with E-state index in [-0.39, 0.29) is 10.6 Å². The van der Waals surface area contributed by atoms with Crippen LogP contribution in [0.15, 0.2) is 41.4 Å². The number of sulfonamides is 1. The number of rotatable bonds is 8. The van der Waals surface area contributed by atoms with Gasteiger partial charge >= 0.3 is 0 Å². The lowest BCUT2D eigenvalue weighted by molar-refractivity contribution is 0.276. The molecule has 1 unspecified atom stereocenters. The van der Waals surface area contributed by atoms with Gasteiger partial charge in [0.2, 0.25) is 0 Å². The van der Waals surface area contributed by atoms with Crippen molar-refractivity contribution in [2.75, 3.05) is 30.7 Å². The average molecular weight is 396 g/mol. The smallest absolute Gasteiger partial charge is 0.263 e. The first-order chi connectivity index (χ1) is 12.8. The summed E-state index contributed by atoms with van der Waals surface area (Å²) in [5.41, 5.74) is -0.0608. The number of nitrogens with one attached hydrogen (secondary N) is 2. The topological polar surface area (TPSA) is 74.3 Å². The van der Waals surface area contributed by atoms with Crippen LogP contribution in [0.4, 0.5) is 20.3 Å². The monoisotopic (exact) mass is 396 g/mol. The maximum atomic E-state index is 13.2. The van der Waals surface area contributed by atoms with Crippen LogP contribution in [0.2, 0.25) is 0 Å². The molecule has 2 N–H and O–H groups in total. The molecule has 1 aromatic carbocycles. The number of aromatic nitrogens is 1. The van der Waals surface area contributed by atoms with Gasteiger partial charge in [-0.2, -0.15) is 0 Å². The summed E-state index contributed by atoms with van der Waals surface area (Å²) in [6, 6.07) is 6.21. The van der Waals surface area contributed by atoms with Crippen LogP contribution in [-0.2, 0) is 10.0 Å². The van der Waals surface area contributed by atoms with E-state index in [1.807, 2.05) is 14.1 Å². The fourth-order valence-electron chi connectivity index (χ4n) is 2.88. The van der Waals surface area contributed by atoms with Crippen molar-refractivity contribution in [2.45, 2.75) is 23.8 Å². The minimum absolute atomic E-state index is 0.0608. The van der Waals surface area contributed by atoms with Gasteiger partial charge in [0, 0.05) is 24.8 Å². The molecule has 0 saturated heterocycles. The SMILES string of the molecule is CN(C)C(CNc1ccc(S(=O)(=O)Nc2ccc(F)c(F)c2)cn1)C1CC1. The minimum atomic E-state index is -3.95. The second-order valence-electron chi connectivity index (χ2n) is 6.86. The number of hydrogen-bond acceptors (Lipinski definition) is 5. The quantitative estimate of drug-likeness (QED) is 0.718. The fourth-order valence-corrected chi connectivity index (χ4v) is 3.87. The van der Waals surface area contributed by atoms with Crippen molar-refractivity contribution in [3.05, 3.63) is 48.2 Å². The Hall–Kier alpha value is -2.26. The van der Waals surface area contributed by atoms with Gasteiger partial charge in [-0.1, -0.05) is 0 Å². The van der Waals surface area contributed by atoms with Crippen LogP contribution in [0.25, 0.3) is 0 Å². The summed E-state index contributed by atoms with van der Waals surface area (Å²) in [5.74, 6) is -0.905. The summed E-state index contributed by atoms with van der Waals surface area (Å²) in [7, 11) is 0.133. The Morgan fingerprint density at radius 3 is 2.48 bits per heavy atom. The third-order valence-electron chi connectivity index (χ3n) is 4.54. The van der Waals surface area contributed by atoms with Gasteiger partial charge in [-0.25, -0.2) is 22.2 Å². The zero-order valence-corrected chi connectivity index (χ0v) is 15.9. The first kappa shape index (κ1) is 19.5. The Balaban J connectivity index is 1.65. The lowest BCUT2D eigenvalue weighted by Crippen LogP contribution is -2.36. The molecule has 2 aromatic rings. The van der Waals surface area contributed by atoms with Crippen LogP contribution in [0, 0.1) is 17.6 Å².